The SMILES string of the molecule is CC1C[C@@H](O)[C@H](O)CC1(C)C. The molecule has 11 heavy (non-hydrogen) atoms. The van der Waals surface area contributed by atoms with Crippen molar-refractivity contribution in [1.82, 2.24) is 0 Å². The Morgan fingerprint density at radius 1 is 1.18 bits per heavy atom. The molecule has 1 rings (SSSR count). The molecule has 1 aliphatic carbocycles. The number of hydrogen-bond acceptors (Lipinski definition) is 2. The van der Waals surface area contributed by atoms with Crippen LogP contribution in [0.5, 0.6) is 0 Å². The Kier molecular flexibility index (Phi) is 2.26. The third-order valence-corrected chi connectivity index (χ3v) is 3.11. The van der Waals surface area contributed by atoms with Crippen molar-refractivity contribution in [2.75, 3.05) is 0 Å². The van der Waals surface area contributed by atoms with Crippen LogP contribution >= 0.6 is 0 Å². The molecule has 3 atom stereocenters. The molecule has 66 valence electrons. The molecule has 0 aromatic rings. The lowest BCUT2D eigenvalue weighted by Gasteiger charge is -2.41. The lowest BCUT2D eigenvalue weighted by molar-refractivity contribution is -0.0687. The number of aliphatic hydroxyl groups is 2. The summed E-state index contributed by atoms with van der Waals surface area (Å²) >= 11 is 0. The van der Waals surface area contributed by atoms with Gasteiger partial charge in [0.2, 0.25) is 0 Å². The van der Waals surface area contributed by atoms with Crippen LogP contribution in [0.1, 0.15) is 33.6 Å². The normalized spacial score (nSPS) is 43.9. The summed E-state index contributed by atoms with van der Waals surface area (Å²) in [4.78, 5) is 0. The monoisotopic (exact) mass is 158 g/mol. The van der Waals surface area contributed by atoms with E-state index in [1.807, 2.05) is 0 Å². The molecule has 0 heterocycles. The Hall–Kier alpha value is -0.0800. The van der Waals surface area contributed by atoms with Crippen LogP contribution in [0.15, 0.2) is 0 Å². The molecule has 0 aromatic carbocycles. The zero-order chi connectivity index (χ0) is 8.65. The van der Waals surface area contributed by atoms with E-state index in [1.165, 1.54) is 0 Å². The van der Waals surface area contributed by atoms with Crippen LogP contribution in [0, 0.1) is 11.3 Å². The van der Waals surface area contributed by atoms with Crippen molar-refractivity contribution < 1.29 is 10.2 Å². The second-order valence-electron chi connectivity index (χ2n) is 4.46. The lowest BCUT2D eigenvalue weighted by atomic mass is 9.68. The van der Waals surface area contributed by atoms with Crippen LogP contribution < -0.4 is 0 Å². The third-order valence-electron chi connectivity index (χ3n) is 3.11. The molecule has 1 unspecified atom stereocenters. The maximum atomic E-state index is 9.38. The third kappa shape index (κ3) is 1.74. The molecule has 0 saturated heterocycles. The van der Waals surface area contributed by atoms with Gasteiger partial charge in [0.15, 0.2) is 0 Å². The Labute approximate surface area is 68.2 Å². The van der Waals surface area contributed by atoms with E-state index >= 15 is 0 Å². The second-order valence-corrected chi connectivity index (χ2v) is 4.46. The molecular weight excluding hydrogens is 140 g/mol. The van der Waals surface area contributed by atoms with Crippen molar-refractivity contribution in [3.05, 3.63) is 0 Å². The molecule has 0 spiro atoms. The molecule has 0 amide bonds. The van der Waals surface area contributed by atoms with Gasteiger partial charge in [-0.2, -0.15) is 0 Å². The molecule has 0 aromatic heterocycles. The quantitative estimate of drug-likeness (QED) is 0.555. The first kappa shape index (κ1) is 9.01. The van der Waals surface area contributed by atoms with E-state index in [0.29, 0.717) is 5.92 Å². The van der Waals surface area contributed by atoms with Gasteiger partial charge in [0.25, 0.3) is 0 Å². The van der Waals surface area contributed by atoms with Crippen molar-refractivity contribution in [3.63, 3.8) is 0 Å². The first-order valence-corrected chi connectivity index (χ1v) is 4.29. The first-order chi connectivity index (χ1) is 4.93. The van der Waals surface area contributed by atoms with Gasteiger partial charge in [0.1, 0.15) is 0 Å². The molecule has 1 aliphatic rings. The summed E-state index contributed by atoms with van der Waals surface area (Å²) in [6, 6.07) is 0. The molecular formula is C9H18O2. The van der Waals surface area contributed by atoms with Gasteiger partial charge >= 0.3 is 0 Å². The van der Waals surface area contributed by atoms with E-state index < -0.39 is 12.2 Å². The highest BCUT2D eigenvalue weighted by atomic mass is 16.3. The average Bonchev–Trinajstić information content (AvgIpc) is 1.83. The smallest absolute Gasteiger partial charge is 0.0804 e. The summed E-state index contributed by atoms with van der Waals surface area (Å²) in [5.41, 5.74) is 0.179. The Bertz CT molecular complexity index is 142. The number of aliphatic hydroxyl groups excluding tert-OH is 2. The molecule has 0 bridgehead atoms. The average molecular weight is 158 g/mol. The number of hydrogen-bond donors (Lipinski definition) is 2. The molecule has 2 N–H and O–H groups in total. The summed E-state index contributed by atoms with van der Waals surface area (Å²) in [5, 5.41) is 18.7. The van der Waals surface area contributed by atoms with Crippen molar-refractivity contribution in [1.29, 1.82) is 0 Å². The predicted octanol–water partition coefficient (Wildman–Crippen LogP) is 1.16. The van der Waals surface area contributed by atoms with Gasteiger partial charge in [-0.3, -0.25) is 0 Å². The van der Waals surface area contributed by atoms with Crippen LogP contribution in [0.4, 0.5) is 0 Å². The van der Waals surface area contributed by atoms with E-state index in [0.717, 1.165) is 12.8 Å². The standard InChI is InChI=1S/C9H18O2/c1-6-4-7(10)8(11)5-9(6,2)3/h6-8,10-11H,4-5H2,1-3H3/t6?,7-,8-/m1/s1. The fourth-order valence-electron chi connectivity index (χ4n) is 1.71. The maximum absolute atomic E-state index is 9.38. The first-order valence-electron chi connectivity index (χ1n) is 4.29. The molecule has 2 nitrogen and oxygen atoms in total. The van der Waals surface area contributed by atoms with Gasteiger partial charge in [0.05, 0.1) is 12.2 Å². The minimum Gasteiger partial charge on any atom is -0.390 e. The van der Waals surface area contributed by atoms with E-state index in [4.69, 9.17) is 0 Å². The summed E-state index contributed by atoms with van der Waals surface area (Å²) in [7, 11) is 0. The molecule has 1 fully saturated rings. The van der Waals surface area contributed by atoms with Gasteiger partial charge in [0, 0.05) is 0 Å². The highest BCUT2D eigenvalue weighted by Crippen LogP contribution is 2.40. The Morgan fingerprint density at radius 3 is 2.18 bits per heavy atom. The van der Waals surface area contributed by atoms with E-state index in [9.17, 15) is 10.2 Å². The number of rotatable bonds is 0. The van der Waals surface area contributed by atoms with Gasteiger partial charge in [-0.25, -0.2) is 0 Å². The van der Waals surface area contributed by atoms with E-state index in [2.05, 4.69) is 20.8 Å². The largest absolute Gasteiger partial charge is 0.390 e. The molecule has 0 aliphatic heterocycles. The lowest BCUT2D eigenvalue weighted by Crippen LogP contribution is -2.42. The zero-order valence-corrected chi connectivity index (χ0v) is 7.54. The van der Waals surface area contributed by atoms with Gasteiger partial charge in [-0.05, 0) is 24.2 Å². The second kappa shape index (κ2) is 2.76. The molecule has 2 heteroatoms. The highest BCUT2D eigenvalue weighted by Gasteiger charge is 2.37. The minimum atomic E-state index is -0.513. The molecule has 0 radical (unpaired) electrons. The van der Waals surface area contributed by atoms with Crippen molar-refractivity contribution in [2.45, 2.75) is 45.8 Å². The van der Waals surface area contributed by atoms with Crippen molar-refractivity contribution in [2.24, 2.45) is 11.3 Å². The van der Waals surface area contributed by atoms with Gasteiger partial charge in [-0.15, -0.1) is 0 Å². The van der Waals surface area contributed by atoms with Crippen LogP contribution in [0.2, 0.25) is 0 Å². The minimum absolute atomic E-state index is 0.179. The van der Waals surface area contributed by atoms with E-state index in [-0.39, 0.29) is 5.41 Å². The highest BCUT2D eigenvalue weighted by molar-refractivity contribution is 4.88. The summed E-state index contributed by atoms with van der Waals surface area (Å²) < 4.78 is 0. The van der Waals surface area contributed by atoms with Crippen LogP contribution in [-0.4, -0.2) is 22.4 Å². The van der Waals surface area contributed by atoms with Crippen LogP contribution in [0.3, 0.4) is 0 Å². The summed E-state index contributed by atoms with van der Waals surface area (Å²) in [5.74, 6) is 0.501. The summed E-state index contributed by atoms with van der Waals surface area (Å²) in [6.07, 6.45) is 0.433. The fourth-order valence-corrected chi connectivity index (χ4v) is 1.71. The van der Waals surface area contributed by atoms with Crippen molar-refractivity contribution >= 4 is 0 Å². The van der Waals surface area contributed by atoms with E-state index in [1.54, 1.807) is 0 Å². The summed E-state index contributed by atoms with van der Waals surface area (Å²) in [6.45, 7) is 6.43. The van der Waals surface area contributed by atoms with Crippen molar-refractivity contribution in [3.8, 4) is 0 Å². The predicted molar refractivity (Wildman–Crippen MR) is 44.2 cm³/mol. The Balaban J connectivity index is 2.63. The van der Waals surface area contributed by atoms with Crippen LogP contribution in [-0.2, 0) is 0 Å². The molecule has 1 saturated carbocycles. The fraction of sp³-hybridized carbons (Fsp3) is 1.00. The van der Waals surface area contributed by atoms with Crippen LogP contribution in [0.25, 0.3) is 0 Å². The van der Waals surface area contributed by atoms with Gasteiger partial charge < -0.3 is 10.2 Å². The maximum Gasteiger partial charge on any atom is 0.0804 e. The van der Waals surface area contributed by atoms with Gasteiger partial charge in [-0.1, -0.05) is 20.8 Å². The zero-order valence-electron chi connectivity index (χ0n) is 7.54. The Morgan fingerprint density at radius 2 is 1.73 bits per heavy atom. The topological polar surface area (TPSA) is 40.5 Å².